The molecule has 0 aliphatic rings. The Kier molecular flexibility index (Phi) is 4.65. The summed E-state index contributed by atoms with van der Waals surface area (Å²) in [6.45, 7) is 2.28. The number of aliphatic hydroxyl groups is 1. The van der Waals surface area contributed by atoms with Crippen LogP contribution in [0.3, 0.4) is 0 Å². The fourth-order valence-corrected chi connectivity index (χ4v) is 2.49. The van der Waals surface area contributed by atoms with Crippen molar-refractivity contribution in [2.24, 2.45) is 0 Å². The van der Waals surface area contributed by atoms with E-state index >= 15 is 0 Å². The molecule has 1 aromatic heterocycles. The second-order valence-electron chi connectivity index (χ2n) is 2.51. The molecule has 1 N–H and O–H groups in total. The zero-order chi connectivity index (χ0) is 9.68. The van der Waals surface area contributed by atoms with Gasteiger partial charge in [0.25, 0.3) is 0 Å². The standard InChI is InChI=1S/C7H12N2O2S2/c1-5-8-9-7(13-5)12-4-6(10)3-11-2/h6,10H,3-4H2,1-2H3. The molecule has 1 rings (SSSR count). The summed E-state index contributed by atoms with van der Waals surface area (Å²) in [5.41, 5.74) is 0. The lowest BCUT2D eigenvalue weighted by Gasteiger charge is -2.06. The summed E-state index contributed by atoms with van der Waals surface area (Å²) in [6.07, 6.45) is -0.431. The molecule has 13 heavy (non-hydrogen) atoms. The van der Waals surface area contributed by atoms with Crippen LogP contribution in [-0.4, -0.2) is 40.9 Å². The Morgan fingerprint density at radius 1 is 1.62 bits per heavy atom. The van der Waals surface area contributed by atoms with E-state index in [1.54, 1.807) is 7.11 Å². The maximum atomic E-state index is 9.33. The molecule has 0 saturated heterocycles. The molecule has 0 aliphatic heterocycles. The van der Waals surface area contributed by atoms with Crippen molar-refractivity contribution < 1.29 is 9.84 Å². The first-order valence-corrected chi connectivity index (χ1v) is 5.62. The van der Waals surface area contributed by atoms with E-state index in [4.69, 9.17) is 4.74 Å². The molecular formula is C7H12N2O2S2. The maximum Gasteiger partial charge on any atom is 0.174 e. The smallest absolute Gasteiger partial charge is 0.174 e. The number of aliphatic hydroxyl groups excluding tert-OH is 1. The Labute approximate surface area is 85.3 Å². The van der Waals surface area contributed by atoms with Gasteiger partial charge < -0.3 is 9.84 Å². The molecule has 4 nitrogen and oxygen atoms in total. The van der Waals surface area contributed by atoms with Gasteiger partial charge in [-0.3, -0.25) is 0 Å². The summed E-state index contributed by atoms with van der Waals surface area (Å²) in [5.74, 6) is 0.600. The first kappa shape index (κ1) is 10.9. The van der Waals surface area contributed by atoms with Crippen molar-refractivity contribution in [1.82, 2.24) is 10.2 Å². The molecule has 0 saturated carbocycles. The van der Waals surface area contributed by atoms with Gasteiger partial charge in [-0.05, 0) is 6.92 Å². The number of methoxy groups -OCH3 is 1. The van der Waals surface area contributed by atoms with Crippen molar-refractivity contribution in [3.63, 3.8) is 0 Å². The van der Waals surface area contributed by atoms with Crippen LogP contribution in [0.15, 0.2) is 4.34 Å². The van der Waals surface area contributed by atoms with Gasteiger partial charge in [-0.15, -0.1) is 10.2 Å². The zero-order valence-corrected chi connectivity index (χ0v) is 9.19. The predicted octanol–water partition coefficient (Wildman–Crippen LogP) is 0.946. The lowest BCUT2D eigenvalue weighted by atomic mass is 10.4. The highest BCUT2D eigenvalue weighted by molar-refractivity contribution is 8.01. The van der Waals surface area contributed by atoms with Gasteiger partial charge in [0.1, 0.15) is 5.01 Å². The minimum Gasteiger partial charge on any atom is -0.390 e. The summed E-state index contributed by atoms with van der Waals surface area (Å²) in [7, 11) is 1.57. The fourth-order valence-electron chi connectivity index (χ4n) is 0.745. The van der Waals surface area contributed by atoms with E-state index in [1.807, 2.05) is 6.92 Å². The molecule has 0 spiro atoms. The third-order valence-electron chi connectivity index (χ3n) is 1.27. The molecule has 74 valence electrons. The van der Waals surface area contributed by atoms with E-state index in [1.165, 1.54) is 23.1 Å². The molecule has 6 heteroatoms. The van der Waals surface area contributed by atoms with Gasteiger partial charge in [0.05, 0.1) is 12.7 Å². The van der Waals surface area contributed by atoms with Crippen LogP contribution >= 0.6 is 23.1 Å². The summed E-state index contributed by atoms with van der Waals surface area (Å²) in [6, 6.07) is 0. The monoisotopic (exact) mass is 220 g/mol. The highest BCUT2D eigenvalue weighted by Gasteiger charge is 2.06. The molecule has 1 heterocycles. The van der Waals surface area contributed by atoms with Crippen LogP contribution in [0, 0.1) is 6.92 Å². The summed E-state index contributed by atoms with van der Waals surface area (Å²) >= 11 is 3.04. The summed E-state index contributed by atoms with van der Waals surface area (Å²) in [4.78, 5) is 0. The normalized spacial score (nSPS) is 13.2. The molecule has 0 amide bonds. The number of hydrogen-bond donors (Lipinski definition) is 1. The Balaban J connectivity index is 2.26. The highest BCUT2D eigenvalue weighted by atomic mass is 32.2. The molecule has 0 aromatic carbocycles. The first-order chi connectivity index (χ1) is 6.22. The van der Waals surface area contributed by atoms with Crippen molar-refractivity contribution in [2.75, 3.05) is 19.5 Å². The van der Waals surface area contributed by atoms with Crippen LogP contribution in [-0.2, 0) is 4.74 Å². The average molecular weight is 220 g/mol. The molecular weight excluding hydrogens is 208 g/mol. The number of rotatable bonds is 5. The van der Waals surface area contributed by atoms with E-state index in [-0.39, 0.29) is 0 Å². The topological polar surface area (TPSA) is 55.2 Å². The highest BCUT2D eigenvalue weighted by Crippen LogP contribution is 2.22. The van der Waals surface area contributed by atoms with Crippen molar-refractivity contribution >= 4 is 23.1 Å². The van der Waals surface area contributed by atoms with Gasteiger partial charge in [0.2, 0.25) is 0 Å². The van der Waals surface area contributed by atoms with Gasteiger partial charge in [-0.1, -0.05) is 23.1 Å². The van der Waals surface area contributed by atoms with Crippen LogP contribution in [0.4, 0.5) is 0 Å². The van der Waals surface area contributed by atoms with Crippen molar-refractivity contribution in [1.29, 1.82) is 0 Å². The second-order valence-corrected chi connectivity index (χ2v) is 4.96. The van der Waals surface area contributed by atoms with Gasteiger partial charge in [0.15, 0.2) is 4.34 Å². The molecule has 0 bridgehead atoms. The van der Waals surface area contributed by atoms with Crippen molar-refractivity contribution in [2.45, 2.75) is 17.4 Å². The Bertz CT molecular complexity index is 254. The van der Waals surface area contributed by atoms with E-state index in [0.717, 1.165) is 9.35 Å². The summed E-state index contributed by atoms with van der Waals surface area (Å²) in [5, 5.41) is 18.1. The van der Waals surface area contributed by atoms with Crippen LogP contribution in [0.5, 0.6) is 0 Å². The second kappa shape index (κ2) is 5.54. The number of ether oxygens (including phenoxy) is 1. The summed E-state index contributed by atoms with van der Waals surface area (Å²) < 4.78 is 5.70. The van der Waals surface area contributed by atoms with Gasteiger partial charge in [0, 0.05) is 12.9 Å². The zero-order valence-electron chi connectivity index (χ0n) is 7.56. The number of hydrogen-bond acceptors (Lipinski definition) is 6. The Morgan fingerprint density at radius 2 is 2.38 bits per heavy atom. The molecule has 0 fully saturated rings. The molecule has 0 aliphatic carbocycles. The average Bonchev–Trinajstić information content (AvgIpc) is 2.49. The van der Waals surface area contributed by atoms with E-state index < -0.39 is 6.10 Å². The third-order valence-corrected chi connectivity index (χ3v) is 3.38. The quantitative estimate of drug-likeness (QED) is 0.749. The van der Waals surface area contributed by atoms with Crippen LogP contribution in [0.2, 0.25) is 0 Å². The van der Waals surface area contributed by atoms with Crippen LogP contribution in [0.1, 0.15) is 5.01 Å². The molecule has 0 radical (unpaired) electrons. The molecule has 1 aromatic rings. The Morgan fingerprint density at radius 3 is 2.92 bits per heavy atom. The van der Waals surface area contributed by atoms with Gasteiger partial charge >= 0.3 is 0 Å². The van der Waals surface area contributed by atoms with Gasteiger partial charge in [-0.2, -0.15) is 0 Å². The SMILES string of the molecule is COCC(O)CSc1nnc(C)s1. The molecule has 1 atom stereocenters. The Hall–Kier alpha value is -0.170. The maximum absolute atomic E-state index is 9.33. The van der Waals surface area contributed by atoms with E-state index in [2.05, 4.69) is 10.2 Å². The van der Waals surface area contributed by atoms with E-state index in [9.17, 15) is 5.11 Å². The largest absolute Gasteiger partial charge is 0.390 e. The molecule has 1 unspecified atom stereocenters. The minimum atomic E-state index is -0.431. The van der Waals surface area contributed by atoms with Crippen LogP contribution in [0.25, 0.3) is 0 Å². The van der Waals surface area contributed by atoms with Crippen molar-refractivity contribution in [3.8, 4) is 0 Å². The lowest BCUT2D eigenvalue weighted by Crippen LogP contribution is -2.16. The minimum absolute atomic E-state index is 0.366. The number of aromatic nitrogens is 2. The lowest BCUT2D eigenvalue weighted by molar-refractivity contribution is 0.0794. The number of nitrogens with zero attached hydrogens (tertiary/aromatic N) is 2. The third kappa shape index (κ3) is 4.04. The first-order valence-electron chi connectivity index (χ1n) is 3.82. The van der Waals surface area contributed by atoms with Crippen LogP contribution < -0.4 is 0 Å². The number of aryl methyl sites for hydroxylation is 1. The predicted molar refractivity (Wildman–Crippen MR) is 53.3 cm³/mol. The van der Waals surface area contributed by atoms with Gasteiger partial charge in [-0.25, -0.2) is 0 Å². The van der Waals surface area contributed by atoms with E-state index in [0.29, 0.717) is 12.4 Å². The number of thioether (sulfide) groups is 1. The van der Waals surface area contributed by atoms with Crippen molar-refractivity contribution in [3.05, 3.63) is 5.01 Å². The fraction of sp³-hybridized carbons (Fsp3) is 0.714.